The molecule has 4 nitrogen and oxygen atoms in total. The molecular weight excluding hydrogens is 362 g/mol. The van der Waals surface area contributed by atoms with E-state index >= 15 is 0 Å². The Balaban J connectivity index is 1.45. The fraction of sp³-hybridized carbons (Fsp3) is 0.360. The molecule has 3 aromatic rings. The predicted molar refractivity (Wildman–Crippen MR) is 117 cm³/mol. The summed E-state index contributed by atoms with van der Waals surface area (Å²) in [5.41, 5.74) is 1.12. The van der Waals surface area contributed by atoms with Gasteiger partial charge in [-0.25, -0.2) is 4.99 Å². The Morgan fingerprint density at radius 3 is 2.28 bits per heavy atom. The molecular formula is C25H27NO3. The summed E-state index contributed by atoms with van der Waals surface area (Å²) in [7, 11) is 0. The quantitative estimate of drug-likeness (QED) is 0.418. The Morgan fingerprint density at radius 1 is 1.07 bits per heavy atom. The second-order valence-electron chi connectivity index (χ2n) is 8.67. The van der Waals surface area contributed by atoms with E-state index in [0.29, 0.717) is 18.9 Å². The van der Waals surface area contributed by atoms with E-state index in [-0.39, 0.29) is 30.5 Å². The highest BCUT2D eigenvalue weighted by molar-refractivity contribution is 6.02. The van der Waals surface area contributed by atoms with Gasteiger partial charge >= 0.3 is 5.97 Å². The van der Waals surface area contributed by atoms with Crippen LogP contribution in [-0.4, -0.2) is 24.5 Å². The van der Waals surface area contributed by atoms with Crippen molar-refractivity contribution in [1.82, 2.24) is 0 Å². The van der Waals surface area contributed by atoms with Gasteiger partial charge in [0.1, 0.15) is 13.2 Å². The van der Waals surface area contributed by atoms with E-state index in [9.17, 15) is 4.79 Å². The van der Waals surface area contributed by atoms with Gasteiger partial charge in [0.15, 0.2) is 5.90 Å². The summed E-state index contributed by atoms with van der Waals surface area (Å²) in [6.07, 6.45) is 0.764. The second-order valence-corrected chi connectivity index (χ2v) is 8.67. The number of fused-ring (bicyclic) bond motifs is 2. The van der Waals surface area contributed by atoms with Gasteiger partial charge in [0, 0.05) is 12.0 Å². The van der Waals surface area contributed by atoms with E-state index in [1.54, 1.807) is 0 Å². The van der Waals surface area contributed by atoms with Crippen LogP contribution in [-0.2, 0) is 20.9 Å². The molecule has 0 fully saturated rings. The summed E-state index contributed by atoms with van der Waals surface area (Å²) in [6, 6.07) is 18.8. The number of carbonyl (C=O) groups is 1. The molecule has 0 N–H and O–H groups in total. The van der Waals surface area contributed by atoms with Gasteiger partial charge in [0.25, 0.3) is 0 Å². The highest BCUT2D eigenvalue weighted by atomic mass is 16.5. The minimum atomic E-state index is -0.229. The number of hydrogen-bond acceptors (Lipinski definition) is 4. The molecule has 29 heavy (non-hydrogen) atoms. The Kier molecular flexibility index (Phi) is 5.27. The first-order chi connectivity index (χ1) is 13.9. The van der Waals surface area contributed by atoms with Crippen molar-refractivity contribution in [2.45, 2.75) is 46.3 Å². The van der Waals surface area contributed by atoms with Crippen LogP contribution in [0, 0.1) is 5.41 Å². The normalized spacial score (nSPS) is 16.7. The molecule has 0 saturated carbocycles. The van der Waals surface area contributed by atoms with Crippen molar-refractivity contribution in [2.24, 2.45) is 10.4 Å². The summed E-state index contributed by atoms with van der Waals surface area (Å²) < 4.78 is 11.3. The van der Waals surface area contributed by atoms with Gasteiger partial charge in [0.05, 0.1) is 12.5 Å². The Hall–Kier alpha value is -2.88. The van der Waals surface area contributed by atoms with E-state index in [1.165, 1.54) is 0 Å². The maximum absolute atomic E-state index is 12.4. The first-order valence-corrected chi connectivity index (χ1v) is 10.2. The molecule has 150 valence electrons. The van der Waals surface area contributed by atoms with Gasteiger partial charge in [-0.2, -0.15) is 0 Å². The van der Waals surface area contributed by atoms with Crippen LogP contribution in [0.15, 0.2) is 59.6 Å². The van der Waals surface area contributed by atoms with Crippen LogP contribution >= 0.6 is 0 Å². The van der Waals surface area contributed by atoms with Gasteiger partial charge in [-0.05, 0) is 33.0 Å². The number of rotatable bonds is 5. The van der Waals surface area contributed by atoms with Gasteiger partial charge in [-0.15, -0.1) is 0 Å². The third-order valence-electron chi connectivity index (χ3n) is 5.51. The maximum Gasteiger partial charge on any atom is 0.306 e. The molecule has 0 aliphatic carbocycles. The Bertz CT molecular complexity index is 1020. The molecule has 0 radical (unpaired) electrons. The van der Waals surface area contributed by atoms with Crippen LogP contribution in [0.25, 0.3) is 21.5 Å². The lowest BCUT2D eigenvalue weighted by Crippen LogP contribution is -2.25. The van der Waals surface area contributed by atoms with Gasteiger partial charge in [-0.3, -0.25) is 4.79 Å². The highest BCUT2D eigenvalue weighted by Crippen LogP contribution is 2.29. The van der Waals surface area contributed by atoms with Crippen molar-refractivity contribution in [3.8, 4) is 0 Å². The summed E-state index contributed by atoms with van der Waals surface area (Å²) >= 11 is 0. The summed E-state index contributed by atoms with van der Waals surface area (Å²) in [5, 5.41) is 4.55. The van der Waals surface area contributed by atoms with Crippen LogP contribution < -0.4 is 0 Å². The molecule has 3 aromatic carbocycles. The zero-order valence-corrected chi connectivity index (χ0v) is 17.3. The molecule has 1 heterocycles. The molecule has 0 saturated heterocycles. The molecule has 0 spiro atoms. The van der Waals surface area contributed by atoms with Crippen molar-refractivity contribution >= 4 is 33.4 Å². The SMILES string of the molecule is CC(C)(C)[C@H]1COC(CCC(=O)OCc2c3ccccc3cc3ccccc23)=N1. The fourth-order valence-electron chi connectivity index (χ4n) is 3.70. The number of hydrogen-bond donors (Lipinski definition) is 0. The summed E-state index contributed by atoms with van der Waals surface area (Å²) in [6.45, 7) is 7.30. The summed E-state index contributed by atoms with van der Waals surface area (Å²) in [4.78, 5) is 17.0. The minimum absolute atomic E-state index is 0.0671. The molecule has 1 aliphatic rings. The summed E-state index contributed by atoms with van der Waals surface area (Å²) in [5.74, 6) is 0.435. The van der Waals surface area contributed by atoms with E-state index in [0.717, 1.165) is 27.1 Å². The highest BCUT2D eigenvalue weighted by Gasteiger charge is 2.30. The van der Waals surface area contributed by atoms with Crippen LogP contribution in [0.1, 0.15) is 39.2 Å². The van der Waals surface area contributed by atoms with Crippen LogP contribution in [0.2, 0.25) is 0 Å². The van der Waals surface area contributed by atoms with Crippen molar-refractivity contribution in [3.63, 3.8) is 0 Å². The van der Waals surface area contributed by atoms with E-state index in [4.69, 9.17) is 9.47 Å². The predicted octanol–water partition coefficient (Wildman–Crippen LogP) is 5.66. The molecule has 1 atom stereocenters. The van der Waals surface area contributed by atoms with Crippen molar-refractivity contribution < 1.29 is 14.3 Å². The number of nitrogens with zero attached hydrogens (tertiary/aromatic N) is 1. The van der Waals surface area contributed by atoms with Gasteiger partial charge in [-0.1, -0.05) is 69.3 Å². The lowest BCUT2D eigenvalue weighted by atomic mass is 9.88. The molecule has 0 aromatic heterocycles. The smallest absolute Gasteiger partial charge is 0.306 e. The molecule has 0 bridgehead atoms. The molecule has 0 amide bonds. The van der Waals surface area contributed by atoms with Crippen LogP contribution in [0.4, 0.5) is 0 Å². The maximum atomic E-state index is 12.4. The largest absolute Gasteiger partial charge is 0.479 e. The van der Waals surface area contributed by atoms with E-state index in [1.807, 2.05) is 24.3 Å². The third kappa shape index (κ3) is 4.26. The first kappa shape index (κ1) is 19.4. The van der Waals surface area contributed by atoms with Crippen LogP contribution in [0.5, 0.6) is 0 Å². The molecule has 1 aliphatic heterocycles. The number of aliphatic imine (C=N–C) groups is 1. The van der Waals surface area contributed by atoms with Crippen LogP contribution in [0.3, 0.4) is 0 Å². The molecule has 4 rings (SSSR count). The number of benzene rings is 3. The van der Waals surface area contributed by atoms with Crippen molar-refractivity contribution in [2.75, 3.05) is 6.61 Å². The second kappa shape index (κ2) is 7.86. The average molecular weight is 389 g/mol. The zero-order valence-electron chi connectivity index (χ0n) is 17.3. The van der Waals surface area contributed by atoms with Gasteiger partial charge < -0.3 is 9.47 Å². The Labute approximate surface area is 171 Å². The number of ether oxygens (including phenoxy) is 2. The monoisotopic (exact) mass is 389 g/mol. The third-order valence-corrected chi connectivity index (χ3v) is 5.51. The van der Waals surface area contributed by atoms with Crippen molar-refractivity contribution in [3.05, 3.63) is 60.2 Å². The zero-order chi connectivity index (χ0) is 20.4. The average Bonchev–Trinajstić information content (AvgIpc) is 3.19. The lowest BCUT2D eigenvalue weighted by molar-refractivity contribution is -0.144. The topological polar surface area (TPSA) is 47.9 Å². The lowest BCUT2D eigenvalue weighted by Gasteiger charge is -2.21. The molecule has 4 heteroatoms. The minimum Gasteiger partial charge on any atom is -0.479 e. The standard InChI is InChI=1S/C25H27NO3/c1-25(2,3)22-16-28-23(26-22)12-13-24(27)29-15-21-19-10-6-4-8-17(19)14-18-9-5-7-11-20(18)21/h4-11,14,22H,12-13,15-16H2,1-3H3/t22-/m1/s1. The number of esters is 1. The van der Waals surface area contributed by atoms with E-state index < -0.39 is 0 Å². The molecule has 0 unspecified atom stereocenters. The van der Waals surface area contributed by atoms with Gasteiger partial charge in [0.2, 0.25) is 0 Å². The number of carbonyl (C=O) groups excluding carboxylic acids is 1. The Morgan fingerprint density at radius 2 is 1.69 bits per heavy atom. The first-order valence-electron chi connectivity index (χ1n) is 10.2. The van der Waals surface area contributed by atoms with E-state index in [2.05, 4.69) is 56.1 Å². The van der Waals surface area contributed by atoms with Crippen molar-refractivity contribution in [1.29, 1.82) is 0 Å². The fourth-order valence-corrected chi connectivity index (χ4v) is 3.70.